The van der Waals surface area contributed by atoms with Crippen molar-refractivity contribution in [1.29, 1.82) is 5.41 Å². The van der Waals surface area contributed by atoms with Crippen molar-refractivity contribution in [3.8, 4) is 17.6 Å². The first-order chi connectivity index (χ1) is 18.8. The minimum absolute atomic E-state index is 0.134. The smallest absolute Gasteiger partial charge is 0.322 e. The minimum atomic E-state index is -0.728. The number of hydrogen-bond acceptors (Lipinski definition) is 6. The van der Waals surface area contributed by atoms with E-state index in [1.165, 1.54) is 0 Å². The molecule has 0 aromatic heterocycles. The van der Waals surface area contributed by atoms with Gasteiger partial charge in [0.2, 0.25) is 6.41 Å². The van der Waals surface area contributed by atoms with Gasteiger partial charge in [-0.1, -0.05) is 43.9 Å². The molecule has 206 valence electrons. The molecule has 2 aromatic carbocycles. The maximum atomic E-state index is 13.0. The van der Waals surface area contributed by atoms with Crippen LogP contribution in [0, 0.1) is 17.3 Å². The Balaban J connectivity index is 1.69. The molecule has 10 nitrogen and oxygen atoms in total. The van der Waals surface area contributed by atoms with Crippen molar-refractivity contribution in [2.24, 2.45) is 0 Å². The molecular formula is C29H36N6O4. The van der Waals surface area contributed by atoms with Crippen LogP contribution < -0.4 is 15.4 Å². The summed E-state index contributed by atoms with van der Waals surface area (Å²) in [6.45, 7) is 8.37. The molecule has 10 heteroatoms. The number of rotatable bonds is 11. The molecule has 3 rings (SSSR count). The zero-order valence-corrected chi connectivity index (χ0v) is 22.9. The van der Waals surface area contributed by atoms with Crippen molar-refractivity contribution < 1.29 is 19.1 Å². The number of ether oxygens (including phenoxy) is 1. The molecule has 0 radical (unpaired) electrons. The second-order valence-electron chi connectivity index (χ2n) is 9.14. The number of carbonyl (C=O) groups excluding carboxylic acids is 3. The van der Waals surface area contributed by atoms with Crippen molar-refractivity contribution in [1.82, 2.24) is 25.3 Å². The molecule has 0 saturated carbocycles. The van der Waals surface area contributed by atoms with E-state index in [-0.39, 0.29) is 18.9 Å². The summed E-state index contributed by atoms with van der Waals surface area (Å²) in [5.41, 5.74) is 2.89. The minimum Gasteiger partial charge on any atom is -0.497 e. The summed E-state index contributed by atoms with van der Waals surface area (Å²) in [6.07, 6.45) is 0.287. The second-order valence-corrected chi connectivity index (χ2v) is 9.14. The molecule has 0 bridgehead atoms. The first-order valence-corrected chi connectivity index (χ1v) is 12.9. The van der Waals surface area contributed by atoms with Crippen molar-refractivity contribution in [2.45, 2.75) is 26.4 Å². The van der Waals surface area contributed by atoms with E-state index in [0.717, 1.165) is 37.3 Å². The van der Waals surface area contributed by atoms with E-state index < -0.39 is 12.1 Å². The number of hydrogen-bond donors (Lipinski definition) is 3. The van der Waals surface area contributed by atoms with Gasteiger partial charge in [0.15, 0.2) is 0 Å². The highest BCUT2D eigenvalue weighted by Gasteiger charge is 2.29. The van der Waals surface area contributed by atoms with Crippen LogP contribution in [0.4, 0.5) is 4.79 Å². The van der Waals surface area contributed by atoms with Gasteiger partial charge in [-0.25, -0.2) is 4.79 Å². The standard InChI is InChI=1S/C29H36N6O4/c1-5-34(6-2)16-15-33(3)27(30)22-10-7-21(8-11-22)9-13-24(32-29(38)31-20-36)19-35-18-23-12-14-25(39-4)17-26(23)28(35)37/h7-8,10-12,14,17,20,24,30H,5-6,15-16,18-19H2,1-4H3,(H2,31,32,36,38)/t24-/m1/s1. The normalized spacial score (nSPS) is 12.7. The third-order valence-electron chi connectivity index (χ3n) is 6.67. The van der Waals surface area contributed by atoms with E-state index in [1.54, 1.807) is 24.1 Å². The van der Waals surface area contributed by atoms with Crippen LogP contribution in [0.1, 0.15) is 40.9 Å². The number of carbonyl (C=O) groups is 3. The molecule has 4 amide bonds. The lowest BCUT2D eigenvalue weighted by Crippen LogP contribution is -2.46. The molecule has 1 atom stereocenters. The zero-order chi connectivity index (χ0) is 28.4. The lowest BCUT2D eigenvalue weighted by molar-refractivity contribution is -0.108. The molecule has 1 heterocycles. The predicted molar refractivity (Wildman–Crippen MR) is 150 cm³/mol. The number of fused-ring (bicyclic) bond motifs is 1. The van der Waals surface area contributed by atoms with Crippen LogP contribution in [-0.4, -0.2) is 91.8 Å². The first kappa shape index (κ1) is 29.2. The summed E-state index contributed by atoms with van der Waals surface area (Å²) < 4.78 is 5.23. The monoisotopic (exact) mass is 532 g/mol. The van der Waals surface area contributed by atoms with E-state index in [1.807, 2.05) is 47.6 Å². The Morgan fingerprint density at radius 3 is 2.54 bits per heavy atom. The van der Waals surface area contributed by atoms with Crippen molar-refractivity contribution in [3.05, 3.63) is 64.7 Å². The molecule has 39 heavy (non-hydrogen) atoms. The Hall–Kier alpha value is -4.36. The van der Waals surface area contributed by atoms with E-state index >= 15 is 0 Å². The molecular weight excluding hydrogens is 496 g/mol. The fourth-order valence-corrected chi connectivity index (χ4v) is 4.26. The van der Waals surface area contributed by atoms with Gasteiger partial charge in [0.25, 0.3) is 5.91 Å². The van der Waals surface area contributed by atoms with Crippen LogP contribution in [0.5, 0.6) is 5.75 Å². The summed E-state index contributed by atoms with van der Waals surface area (Å²) in [5, 5.41) is 13.2. The quantitative estimate of drug-likeness (QED) is 0.177. The molecule has 1 aliphatic rings. The molecule has 3 N–H and O–H groups in total. The summed E-state index contributed by atoms with van der Waals surface area (Å²) in [4.78, 5) is 41.6. The summed E-state index contributed by atoms with van der Waals surface area (Å²) >= 11 is 0. The Morgan fingerprint density at radius 2 is 1.90 bits per heavy atom. The van der Waals surface area contributed by atoms with Gasteiger partial charge in [-0.3, -0.25) is 20.3 Å². The van der Waals surface area contributed by atoms with Crippen LogP contribution in [0.2, 0.25) is 0 Å². The molecule has 0 aliphatic carbocycles. The predicted octanol–water partition coefficient (Wildman–Crippen LogP) is 2.13. The number of nitrogens with zero attached hydrogens (tertiary/aromatic N) is 3. The van der Waals surface area contributed by atoms with Crippen LogP contribution in [0.15, 0.2) is 42.5 Å². The Kier molecular flexibility index (Phi) is 10.5. The van der Waals surface area contributed by atoms with Crippen molar-refractivity contribution in [3.63, 3.8) is 0 Å². The van der Waals surface area contributed by atoms with Gasteiger partial charge in [-0.15, -0.1) is 0 Å². The summed E-state index contributed by atoms with van der Waals surface area (Å²) in [7, 11) is 3.45. The second kappa shape index (κ2) is 14.0. The number of urea groups is 1. The molecule has 0 fully saturated rings. The molecule has 0 saturated heterocycles. The van der Waals surface area contributed by atoms with E-state index in [0.29, 0.717) is 29.3 Å². The Bertz CT molecular complexity index is 1250. The Labute approximate surface area is 229 Å². The van der Waals surface area contributed by atoms with Crippen LogP contribution in [0.25, 0.3) is 0 Å². The number of amides is 4. The fraction of sp³-hybridized carbons (Fsp3) is 0.379. The molecule has 0 spiro atoms. The largest absolute Gasteiger partial charge is 0.497 e. The SMILES string of the molecule is CCN(CC)CCN(C)C(=N)c1ccc(C#C[C@H](CN2Cc3ccc(OC)cc3C2=O)NC(=O)NC=O)cc1. The van der Waals surface area contributed by atoms with E-state index in [2.05, 4.69) is 35.9 Å². The van der Waals surface area contributed by atoms with Gasteiger partial charge in [-0.2, -0.15) is 0 Å². The van der Waals surface area contributed by atoms with E-state index in [4.69, 9.17) is 10.1 Å². The molecule has 0 unspecified atom stereocenters. The number of amidine groups is 1. The van der Waals surface area contributed by atoms with Gasteiger partial charge in [0, 0.05) is 43.4 Å². The van der Waals surface area contributed by atoms with Crippen molar-refractivity contribution in [2.75, 3.05) is 46.9 Å². The maximum Gasteiger partial charge on any atom is 0.322 e. The Morgan fingerprint density at radius 1 is 1.18 bits per heavy atom. The topological polar surface area (TPSA) is 118 Å². The average Bonchev–Trinajstić information content (AvgIpc) is 3.26. The fourth-order valence-electron chi connectivity index (χ4n) is 4.26. The summed E-state index contributed by atoms with van der Waals surface area (Å²) in [5.74, 6) is 6.89. The lowest BCUT2D eigenvalue weighted by Gasteiger charge is -2.25. The number of benzene rings is 2. The number of imide groups is 1. The van der Waals surface area contributed by atoms with Crippen molar-refractivity contribution >= 4 is 24.2 Å². The van der Waals surface area contributed by atoms with Crippen LogP contribution >= 0.6 is 0 Å². The van der Waals surface area contributed by atoms with Gasteiger partial charge < -0.3 is 24.8 Å². The van der Waals surface area contributed by atoms with Gasteiger partial charge in [0.05, 0.1) is 13.7 Å². The lowest BCUT2D eigenvalue weighted by atomic mass is 10.1. The highest BCUT2D eigenvalue weighted by Crippen LogP contribution is 2.26. The third-order valence-corrected chi connectivity index (χ3v) is 6.67. The van der Waals surface area contributed by atoms with Crippen LogP contribution in [0.3, 0.4) is 0 Å². The van der Waals surface area contributed by atoms with Crippen LogP contribution in [-0.2, 0) is 11.3 Å². The van der Waals surface area contributed by atoms with Gasteiger partial charge >= 0.3 is 6.03 Å². The number of likely N-dealkylation sites (N-methyl/N-ethyl adjacent to an activating group) is 2. The summed E-state index contributed by atoms with van der Waals surface area (Å²) in [6, 6.07) is 11.2. The third kappa shape index (κ3) is 7.82. The number of methoxy groups -OCH3 is 1. The van der Waals surface area contributed by atoms with Gasteiger partial charge in [-0.05, 0) is 42.9 Å². The molecule has 2 aromatic rings. The number of nitrogens with one attached hydrogen (secondary N) is 3. The maximum absolute atomic E-state index is 13.0. The van der Waals surface area contributed by atoms with Gasteiger partial charge in [0.1, 0.15) is 17.6 Å². The average molecular weight is 533 g/mol. The van der Waals surface area contributed by atoms with E-state index in [9.17, 15) is 14.4 Å². The highest BCUT2D eigenvalue weighted by molar-refractivity contribution is 5.99. The first-order valence-electron chi connectivity index (χ1n) is 12.9. The highest BCUT2D eigenvalue weighted by atomic mass is 16.5. The zero-order valence-electron chi connectivity index (χ0n) is 22.9. The molecule has 1 aliphatic heterocycles.